The Bertz CT molecular complexity index is 835. The molecule has 1 aliphatic rings. The van der Waals surface area contributed by atoms with Crippen LogP contribution in [0.2, 0.25) is 0 Å². The summed E-state index contributed by atoms with van der Waals surface area (Å²) in [5.41, 5.74) is -1.87. The van der Waals surface area contributed by atoms with E-state index in [1.54, 1.807) is 0 Å². The molecule has 3 N–H and O–H groups in total. The third-order valence-corrected chi connectivity index (χ3v) is 4.64. The Kier molecular flexibility index (Phi) is 6.67. The molecule has 0 radical (unpaired) electrons. The Hall–Kier alpha value is -1.20. The van der Waals surface area contributed by atoms with Gasteiger partial charge in [-0.2, -0.15) is 0 Å². The molecular formula is C12H15Cl2N2O9P. The molecule has 0 amide bonds. The van der Waals surface area contributed by atoms with Gasteiger partial charge in [-0.1, -0.05) is 0 Å². The van der Waals surface area contributed by atoms with E-state index in [1.165, 1.54) is 0 Å². The van der Waals surface area contributed by atoms with Crippen molar-refractivity contribution in [3.63, 3.8) is 0 Å². The summed E-state index contributed by atoms with van der Waals surface area (Å²) in [5.74, 6) is -0.722. The number of aliphatic hydroxyl groups is 2. The molecule has 1 aromatic heterocycles. The number of carbonyl (C=O) groups is 1. The van der Waals surface area contributed by atoms with Crippen molar-refractivity contribution in [1.82, 2.24) is 9.55 Å². The minimum absolute atomic E-state index is 0.118. The van der Waals surface area contributed by atoms with Gasteiger partial charge in [0.1, 0.15) is 18.3 Å². The molecule has 1 saturated heterocycles. The van der Waals surface area contributed by atoms with Crippen molar-refractivity contribution in [3.8, 4) is 0 Å². The van der Waals surface area contributed by atoms with E-state index in [0.717, 1.165) is 17.9 Å². The maximum Gasteiger partial charge on any atom is 0.380 e. The summed E-state index contributed by atoms with van der Waals surface area (Å²) in [5, 5.41) is 20.1. The third-order valence-electron chi connectivity index (χ3n) is 3.60. The Morgan fingerprint density at radius 3 is 2.62 bits per heavy atom. The highest BCUT2D eigenvalue weighted by Crippen LogP contribution is 2.57. The van der Waals surface area contributed by atoms with Gasteiger partial charge in [-0.15, -0.1) is 0 Å². The lowest BCUT2D eigenvalue weighted by atomic mass is 10.1. The number of aliphatic hydroxyl groups excluding tert-OH is 2. The van der Waals surface area contributed by atoms with E-state index in [-0.39, 0.29) is 5.56 Å². The highest BCUT2D eigenvalue weighted by Gasteiger charge is 2.45. The van der Waals surface area contributed by atoms with Gasteiger partial charge in [0, 0.05) is 11.8 Å². The number of aromatic amines is 1. The van der Waals surface area contributed by atoms with Crippen LogP contribution in [0.3, 0.4) is 0 Å². The quantitative estimate of drug-likeness (QED) is 0.396. The molecule has 1 aliphatic heterocycles. The zero-order chi connectivity index (χ0) is 19.6. The second kappa shape index (κ2) is 8.22. The Labute approximate surface area is 155 Å². The molecule has 2 rings (SSSR count). The number of hydrogen-bond acceptors (Lipinski definition) is 9. The first-order chi connectivity index (χ1) is 12.0. The lowest BCUT2D eigenvalue weighted by Gasteiger charge is -2.18. The van der Waals surface area contributed by atoms with E-state index in [4.69, 9.17) is 27.2 Å². The minimum atomic E-state index is -3.90. The van der Waals surface area contributed by atoms with Crippen LogP contribution in [0.4, 0.5) is 0 Å². The molecule has 14 heteroatoms. The summed E-state index contributed by atoms with van der Waals surface area (Å²) in [6.07, 6.45) is -9.05. The molecule has 4 atom stereocenters. The Morgan fingerprint density at radius 1 is 1.38 bits per heavy atom. The van der Waals surface area contributed by atoms with E-state index in [9.17, 15) is 29.2 Å². The Balaban J connectivity index is 2.28. The van der Waals surface area contributed by atoms with Gasteiger partial charge >= 0.3 is 17.7 Å². The predicted molar refractivity (Wildman–Crippen MR) is 88.2 cm³/mol. The average Bonchev–Trinajstić information content (AvgIpc) is 2.82. The van der Waals surface area contributed by atoms with E-state index >= 15 is 0 Å². The van der Waals surface area contributed by atoms with Crippen molar-refractivity contribution in [2.45, 2.75) is 31.0 Å². The van der Waals surface area contributed by atoms with E-state index in [1.807, 2.05) is 4.98 Å². The van der Waals surface area contributed by atoms with Crippen LogP contribution in [-0.4, -0.2) is 57.8 Å². The number of nitrogens with one attached hydrogen (secondary N) is 1. The fraction of sp³-hybridized carbons (Fsp3) is 0.583. The monoisotopic (exact) mass is 432 g/mol. The van der Waals surface area contributed by atoms with Gasteiger partial charge in [-0.25, -0.2) is 4.79 Å². The standard InChI is InChI=1S/C12H15Cl2N2O9P/c1-23-7(17)2-5-3-16(12(21)15-10(5)20)11-9(19)8(18)6(25-11)4-24-26(13,14)22/h3,6,8-9,11,18-19H,2,4H2,1H3,(H,15,20,21)/t6-,8?,9?,11-/m1/s1. The molecule has 0 saturated carbocycles. The average molecular weight is 433 g/mol. The predicted octanol–water partition coefficient (Wildman–Crippen LogP) is -0.526. The number of methoxy groups -OCH3 is 1. The van der Waals surface area contributed by atoms with E-state index in [2.05, 4.69) is 9.26 Å². The smallest absolute Gasteiger partial charge is 0.380 e. The van der Waals surface area contributed by atoms with Crippen LogP contribution in [0.1, 0.15) is 11.8 Å². The van der Waals surface area contributed by atoms with Crippen LogP contribution in [0.15, 0.2) is 15.8 Å². The lowest BCUT2D eigenvalue weighted by Crippen LogP contribution is -2.39. The molecule has 1 aromatic rings. The number of aromatic nitrogens is 2. The maximum absolute atomic E-state index is 12.0. The summed E-state index contributed by atoms with van der Waals surface area (Å²) in [4.78, 5) is 37.1. The van der Waals surface area contributed by atoms with Crippen LogP contribution in [-0.2, 0) is 29.8 Å². The Morgan fingerprint density at radius 2 is 2.04 bits per heavy atom. The van der Waals surface area contributed by atoms with Crippen LogP contribution in [0.5, 0.6) is 0 Å². The first-order valence-electron chi connectivity index (χ1n) is 7.10. The van der Waals surface area contributed by atoms with E-state index in [0.29, 0.717) is 0 Å². The van der Waals surface area contributed by atoms with Crippen molar-refractivity contribution in [2.75, 3.05) is 13.7 Å². The molecule has 2 unspecified atom stereocenters. The summed E-state index contributed by atoms with van der Waals surface area (Å²) in [6.45, 7) is -0.522. The number of halogens is 2. The highest BCUT2D eigenvalue weighted by atomic mass is 35.9. The molecule has 0 bridgehead atoms. The van der Waals surface area contributed by atoms with Crippen LogP contribution >= 0.6 is 28.6 Å². The summed E-state index contributed by atoms with van der Waals surface area (Å²) >= 11 is 10.5. The SMILES string of the molecule is COC(=O)Cc1cn([C@@H]2O[C@H](COP(=O)(Cl)Cl)C(O)C2O)c(=O)[nH]c1=O. The molecular weight excluding hydrogens is 418 g/mol. The lowest BCUT2D eigenvalue weighted by molar-refractivity contribution is -0.139. The molecule has 0 aliphatic carbocycles. The van der Waals surface area contributed by atoms with Gasteiger partial charge in [0.25, 0.3) is 5.56 Å². The van der Waals surface area contributed by atoms with Gasteiger partial charge in [0.2, 0.25) is 0 Å². The number of H-pyrrole nitrogens is 1. The minimum Gasteiger partial charge on any atom is -0.469 e. The second-order valence-electron chi connectivity index (χ2n) is 5.33. The molecule has 1 fully saturated rings. The molecule has 146 valence electrons. The molecule has 0 spiro atoms. The third kappa shape index (κ3) is 4.95. The molecule has 2 heterocycles. The number of esters is 1. The molecule has 26 heavy (non-hydrogen) atoms. The van der Waals surface area contributed by atoms with Crippen molar-refractivity contribution in [2.24, 2.45) is 0 Å². The van der Waals surface area contributed by atoms with Crippen molar-refractivity contribution in [3.05, 3.63) is 32.6 Å². The summed E-state index contributed by atoms with van der Waals surface area (Å²) in [7, 11) is 1.13. The van der Waals surface area contributed by atoms with Gasteiger partial charge in [0.05, 0.1) is 20.1 Å². The van der Waals surface area contributed by atoms with E-state index < -0.39 is 60.9 Å². The number of nitrogens with zero attached hydrogens (tertiary/aromatic N) is 1. The number of ether oxygens (including phenoxy) is 2. The zero-order valence-electron chi connectivity index (χ0n) is 13.2. The summed E-state index contributed by atoms with van der Waals surface area (Å²) in [6, 6.07) is 0. The van der Waals surface area contributed by atoms with Crippen LogP contribution in [0.25, 0.3) is 0 Å². The maximum atomic E-state index is 12.0. The second-order valence-corrected chi connectivity index (χ2v) is 9.61. The fourth-order valence-electron chi connectivity index (χ4n) is 2.33. The summed E-state index contributed by atoms with van der Waals surface area (Å²) < 4.78 is 26.4. The van der Waals surface area contributed by atoms with Gasteiger partial charge in [-0.3, -0.25) is 23.7 Å². The van der Waals surface area contributed by atoms with Gasteiger partial charge in [-0.05, 0) is 22.5 Å². The largest absolute Gasteiger partial charge is 0.469 e. The zero-order valence-corrected chi connectivity index (χ0v) is 15.6. The first-order valence-corrected chi connectivity index (χ1v) is 10.5. The van der Waals surface area contributed by atoms with Gasteiger partial charge in [0.15, 0.2) is 6.23 Å². The number of rotatable bonds is 6. The van der Waals surface area contributed by atoms with Crippen molar-refractivity contribution >= 4 is 34.5 Å². The normalized spacial score (nSPS) is 26.0. The fourth-order valence-corrected chi connectivity index (χ4v) is 2.99. The highest BCUT2D eigenvalue weighted by molar-refractivity contribution is 8.05. The number of carbonyl (C=O) groups excluding carboxylic acids is 1. The van der Waals surface area contributed by atoms with Gasteiger partial charge < -0.3 is 24.2 Å². The first kappa shape index (κ1) is 21.1. The van der Waals surface area contributed by atoms with Crippen LogP contribution in [0, 0.1) is 0 Å². The van der Waals surface area contributed by atoms with Crippen molar-refractivity contribution in [1.29, 1.82) is 0 Å². The van der Waals surface area contributed by atoms with Crippen LogP contribution < -0.4 is 11.2 Å². The molecule has 11 nitrogen and oxygen atoms in total. The number of hydrogen-bond donors (Lipinski definition) is 3. The molecule has 0 aromatic carbocycles. The topological polar surface area (TPSA) is 157 Å². The van der Waals surface area contributed by atoms with Crippen molar-refractivity contribution < 1.29 is 33.6 Å².